The van der Waals surface area contributed by atoms with Crippen LogP contribution in [0.4, 0.5) is 0 Å². The molecule has 1 aliphatic heterocycles. The van der Waals surface area contributed by atoms with Crippen LogP contribution < -0.4 is 0 Å². The summed E-state index contributed by atoms with van der Waals surface area (Å²) in [6, 6.07) is 0. The number of aliphatic hydroxyl groups excluding tert-OH is 1. The fraction of sp³-hybridized carbons (Fsp3) is 0.625. The van der Waals surface area contributed by atoms with Gasteiger partial charge in [0.05, 0.1) is 19.3 Å². The molecular formula is C16H24O6. The van der Waals surface area contributed by atoms with E-state index in [1.54, 1.807) is 6.92 Å². The molecule has 1 rings (SSSR count). The zero-order chi connectivity index (χ0) is 16.4. The van der Waals surface area contributed by atoms with Crippen LogP contribution >= 0.6 is 0 Å². The molecule has 0 saturated carbocycles. The minimum atomic E-state index is -0.932. The third-order valence-electron chi connectivity index (χ3n) is 3.18. The summed E-state index contributed by atoms with van der Waals surface area (Å²) in [6.07, 6.45) is 6.08. The molecule has 1 fully saturated rings. The summed E-state index contributed by atoms with van der Waals surface area (Å²) in [4.78, 5) is 23.8. The maximum absolute atomic E-state index is 12.2. The second kappa shape index (κ2) is 10.00. The Balaban J connectivity index is 2.74. The Morgan fingerprint density at radius 1 is 1.32 bits per heavy atom. The SMILES string of the molecule is C/C=C\CCCOC(=O)/C(=C(\O)C(=O)OCC)C1CCCO1. The molecule has 124 valence electrons. The van der Waals surface area contributed by atoms with Crippen LogP contribution in [0.1, 0.15) is 39.5 Å². The number of esters is 2. The second-order valence-electron chi connectivity index (χ2n) is 4.83. The summed E-state index contributed by atoms with van der Waals surface area (Å²) >= 11 is 0. The van der Waals surface area contributed by atoms with Gasteiger partial charge >= 0.3 is 11.9 Å². The van der Waals surface area contributed by atoms with Gasteiger partial charge in [0, 0.05) is 6.61 Å². The van der Waals surface area contributed by atoms with Gasteiger partial charge in [0.25, 0.3) is 0 Å². The molecule has 0 aromatic rings. The number of unbranched alkanes of at least 4 members (excludes halogenated alkanes) is 1. The van der Waals surface area contributed by atoms with Gasteiger partial charge in [-0.3, -0.25) is 0 Å². The molecule has 0 amide bonds. The quantitative estimate of drug-likeness (QED) is 0.244. The molecule has 1 N–H and O–H groups in total. The van der Waals surface area contributed by atoms with Gasteiger partial charge in [0.2, 0.25) is 5.76 Å². The Kier molecular flexibility index (Phi) is 8.28. The second-order valence-corrected chi connectivity index (χ2v) is 4.83. The summed E-state index contributed by atoms with van der Waals surface area (Å²) < 4.78 is 15.3. The summed E-state index contributed by atoms with van der Waals surface area (Å²) in [5.74, 6) is -2.37. The first-order chi connectivity index (χ1) is 10.6. The van der Waals surface area contributed by atoms with Crippen LogP contribution in [0.3, 0.4) is 0 Å². The number of hydrogen-bond donors (Lipinski definition) is 1. The first-order valence-electron chi connectivity index (χ1n) is 7.61. The number of carbonyl (C=O) groups excluding carboxylic acids is 2. The maximum atomic E-state index is 12.2. The Labute approximate surface area is 130 Å². The summed E-state index contributed by atoms with van der Waals surface area (Å²) in [6.45, 7) is 4.35. The van der Waals surface area contributed by atoms with E-state index >= 15 is 0 Å². The highest BCUT2D eigenvalue weighted by Crippen LogP contribution is 2.23. The molecule has 0 aliphatic carbocycles. The van der Waals surface area contributed by atoms with E-state index in [-0.39, 0.29) is 18.8 Å². The van der Waals surface area contributed by atoms with Crippen LogP contribution in [-0.4, -0.2) is 43.0 Å². The number of hydrogen-bond acceptors (Lipinski definition) is 6. The molecular weight excluding hydrogens is 288 g/mol. The smallest absolute Gasteiger partial charge is 0.374 e. The molecule has 0 aromatic carbocycles. The van der Waals surface area contributed by atoms with Crippen molar-refractivity contribution < 1.29 is 28.9 Å². The summed E-state index contributed by atoms with van der Waals surface area (Å²) in [7, 11) is 0. The Bertz CT molecular complexity index is 432. The number of carbonyl (C=O) groups is 2. The van der Waals surface area contributed by atoms with Crippen molar-refractivity contribution in [2.24, 2.45) is 0 Å². The zero-order valence-electron chi connectivity index (χ0n) is 13.2. The highest BCUT2D eigenvalue weighted by Gasteiger charge is 2.33. The highest BCUT2D eigenvalue weighted by molar-refractivity contribution is 5.99. The van der Waals surface area contributed by atoms with E-state index in [2.05, 4.69) is 0 Å². The number of aliphatic hydroxyl groups is 1. The third-order valence-corrected chi connectivity index (χ3v) is 3.18. The van der Waals surface area contributed by atoms with Gasteiger partial charge in [0.1, 0.15) is 5.57 Å². The van der Waals surface area contributed by atoms with E-state index in [4.69, 9.17) is 14.2 Å². The van der Waals surface area contributed by atoms with Crippen molar-refractivity contribution in [3.63, 3.8) is 0 Å². The first-order valence-corrected chi connectivity index (χ1v) is 7.61. The van der Waals surface area contributed by atoms with Crippen molar-refractivity contribution in [2.45, 2.75) is 45.6 Å². The largest absolute Gasteiger partial charge is 0.501 e. The van der Waals surface area contributed by atoms with Gasteiger partial charge in [-0.1, -0.05) is 12.2 Å². The molecule has 6 heteroatoms. The highest BCUT2D eigenvalue weighted by atomic mass is 16.6. The van der Waals surface area contributed by atoms with Gasteiger partial charge in [-0.15, -0.1) is 0 Å². The Morgan fingerprint density at radius 3 is 2.68 bits per heavy atom. The fourth-order valence-corrected chi connectivity index (χ4v) is 2.11. The van der Waals surface area contributed by atoms with E-state index in [0.717, 1.165) is 12.8 Å². The minimum Gasteiger partial charge on any atom is -0.501 e. The third kappa shape index (κ3) is 5.52. The molecule has 0 bridgehead atoms. The summed E-state index contributed by atoms with van der Waals surface area (Å²) in [5, 5.41) is 9.99. The molecule has 22 heavy (non-hydrogen) atoms. The van der Waals surface area contributed by atoms with Crippen LogP contribution in [0.15, 0.2) is 23.5 Å². The van der Waals surface area contributed by atoms with Crippen molar-refractivity contribution in [3.05, 3.63) is 23.5 Å². The molecule has 1 saturated heterocycles. The molecule has 1 heterocycles. The number of rotatable bonds is 8. The van der Waals surface area contributed by atoms with Crippen LogP contribution in [-0.2, 0) is 23.8 Å². The van der Waals surface area contributed by atoms with Crippen LogP contribution in [0.2, 0.25) is 0 Å². The minimum absolute atomic E-state index is 0.111. The van der Waals surface area contributed by atoms with Crippen molar-refractivity contribution in [1.82, 2.24) is 0 Å². The van der Waals surface area contributed by atoms with Crippen molar-refractivity contribution in [1.29, 1.82) is 0 Å². The Hall–Kier alpha value is -1.82. The lowest BCUT2D eigenvalue weighted by Gasteiger charge is -2.15. The zero-order valence-corrected chi connectivity index (χ0v) is 13.2. The average molecular weight is 312 g/mol. The summed E-state index contributed by atoms with van der Waals surface area (Å²) in [5.41, 5.74) is -0.137. The predicted molar refractivity (Wildman–Crippen MR) is 80.3 cm³/mol. The molecule has 0 spiro atoms. The van der Waals surface area contributed by atoms with Gasteiger partial charge in [-0.25, -0.2) is 9.59 Å². The van der Waals surface area contributed by atoms with Crippen LogP contribution in [0.5, 0.6) is 0 Å². The average Bonchev–Trinajstić information content (AvgIpc) is 3.01. The van der Waals surface area contributed by atoms with Gasteiger partial charge in [0.15, 0.2) is 0 Å². The molecule has 1 atom stereocenters. The lowest BCUT2D eigenvalue weighted by Crippen LogP contribution is -2.25. The van der Waals surface area contributed by atoms with E-state index in [9.17, 15) is 14.7 Å². The van der Waals surface area contributed by atoms with E-state index in [0.29, 0.717) is 19.4 Å². The lowest BCUT2D eigenvalue weighted by atomic mass is 10.1. The molecule has 0 aromatic heterocycles. The normalized spacial score (nSPS) is 19.1. The first kappa shape index (κ1) is 18.2. The molecule has 6 nitrogen and oxygen atoms in total. The monoisotopic (exact) mass is 312 g/mol. The van der Waals surface area contributed by atoms with Crippen molar-refractivity contribution in [2.75, 3.05) is 19.8 Å². The number of ether oxygens (including phenoxy) is 3. The standard InChI is InChI=1S/C16H24O6/c1-3-5-6-7-10-22-15(18)13(12-9-8-11-21-12)14(17)16(19)20-4-2/h3,5,12,17H,4,6-11H2,1-2H3/b5-3-,14-13-. The van der Waals surface area contributed by atoms with Gasteiger partial charge < -0.3 is 19.3 Å². The van der Waals surface area contributed by atoms with Crippen molar-refractivity contribution in [3.8, 4) is 0 Å². The fourth-order valence-electron chi connectivity index (χ4n) is 2.11. The maximum Gasteiger partial charge on any atom is 0.374 e. The molecule has 1 unspecified atom stereocenters. The predicted octanol–water partition coefficient (Wildman–Crippen LogP) is 2.44. The topological polar surface area (TPSA) is 82.1 Å². The van der Waals surface area contributed by atoms with Gasteiger partial charge in [-0.2, -0.15) is 0 Å². The van der Waals surface area contributed by atoms with E-state index in [1.807, 2.05) is 19.1 Å². The molecule has 0 radical (unpaired) electrons. The van der Waals surface area contributed by atoms with Crippen LogP contribution in [0.25, 0.3) is 0 Å². The molecule has 1 aliphatic rings. The lowest BCUT2D eigenvalue weighted by molar-refractivity contribution is -0.145. The van der Waals surface area contributed by atoms with Crippen molar-refractivity contribution >= 4 is 11.9 Å². The van der Waals surface area contributed by atoms with Crippen LogP contribution in [0, 0.1) is 0 Å². The van der Waals surface area contributed by atoms with Gasteiger partial charge in [-0.05, 0) is 39.5 Å². The van der Waals surface area contributed by atoms with E-state index in [1.165, 1.54) is 0 Å². The Morgan fingerprint density at radius 2 is 2.09 bits per heavy atom. The number of allylic oxidation sites excluding steroid dienone is 2. The van der Waals surface area contributed by atoms with E-state index < -0.39 is 23.8 Å².